The van der Waals surface area contributed by atoms with Crippen LogP contribution in [0.25, 0.3) is 0 Å². The molecule has 0 spiro atoms. The molecule has 1 heterocycles. The van der Waals surface area contributed by atoms with Crippen LogP contribution in [0.5, 0.6) is 0 Å². The molecule has 2 aromatic rings. The van der Waals surface area contributed by atoms with Crippen LogP contribution in [0.1, 0.15) is 38.8 Å². The summed E-state index contributed by atoms with van der Waals surface area (Å²) in [6.07, 6.45) is 3.81. The maximum atomic E-state index is 11.9. The summed E-state index contributed by atoms with van der Waals surface area (Å²) in [6, 6.07) is 10.2. The Morgan fingerprint density at radius 1 is 1.14 bits per heavy atom. The van der Waals surface area contributed by atoms with Gasteiger partial charge in [-0.05, 0) is 33.3 Å². The minimum atomic E-state index is -0.248. The van der Waals surface area contributed by atoms with Gasteiger partial charge in [0.2, 0.25) is 5.91 Å². The van der Waals surface area contributed by atoms with Crippen molar-refractivity contribution in [1.82, 2.24) is 25.7 Å². The van der Waals surface area contributed by atoms with Crippen LogP contribution in [0, 0.1) is 0 Å². The van der Waals surface area contributed by atoms with E-state index in [9.17, 15) is 4.79 Å². The molecule has 0 unspecified atom stereocenters. The summed E-state index contributed by atoms with van der Waals surface area (Å²) in [5.41, 5.74) is 1.97. The van der Waals surface area contributed by atoms with E-state index in [1.807, 2.05) is 63.0 Å². The second-order valence-corrected chi connectivity index (χ2v) is 7.38. The van der Waals surface area contributed by atoms with Crippen molar-refractivity contribution in [2.75, 3.05) is 13.1 Å². The van der Waals surface area contributed by atoms with Crippen LogP contribution in [0.4, 0.5) is 0 Å². The molecule has 0 radical (unpaired) electrons. The Bertz CT molecular complexity index is 752. The number of carbonyl (C=O) groups is 1. The molecule has 8 heteroatoms. The van der Waals surface area contributed by atoms with Gasteiger partial charge in [0.15, 0.2) is 5.96 Å². The van der Waals surface area contributed by atoms with Gasteiger partial charge in [0, 0.05) is 23.8 Å². The molecular formula is C20H31IN6O. The van der Waals surface area contributed by atoms with Crippen molar-refractivity contribution >= 4 is 35.8 Å². The van der Waals surface area contributed by atoms with Crippen LogP contribution in [-0.2, 0) is 17.9 Å². The van der Waals surface area contributed by atoms with Crippen LogP contribution >= 0.6 is 24.0 Å². The fourth-order valence-corrected chi connectivity index (χ4v) is 2.48. The van der Waals surface area contributed by atoms with Crippen LogP contribution < -0.4 is 16.0 Å². The predicted octanol–water partition coefficient (Wildman–Crippen LogP) is 2.52. The molecule has 0 bridgehead atoms. The lowest BCUT2D eigenvalue weighted by molar-refractivity contribution is -0.121. The van der Waals surface area contributed by atoms with Crippen LogP contribution in [0.2, 0.25) is 0 Å². The van der Waals surface area contributed by atoms with Crippen molar-refractivity contribution in [3.8, 4) is 0 Å². The highest BCUT2D eigenvalue weighted by Gasteiger charge is 2.13. The molecule has 3 N–H and O–H groups in total. The molecule has 1 amide bonds. The number of halogens is 1. The molecule has 2 rings (SSSR count). The minimum absolute atomic E-state index is 0. The number of amides is 1. The van der Waals surface area contributed by atoms with Gasteiger partial charge in [-0.25, -0.2) is 4.99 Å². The molecule has 7 nitrogen and oxygen atoms in total. The van der Waals surface area contributed by atoms with Crippen LogP contribution in [-0.4, -0.2) is 40.3 Å². The number of nitrogens with one attached hydrogen (secondary N) is 3. The van der Waals surface area contributed by atoms with Gasteiger partial charge in [0.25, 0.3) is 0 Å². The van der Waals surface area contributed by atoms with E-state index >= 15 is 0 Å². The molecule has 0 aliphatic rings. The molecule has 154 valence electrons. The second-order valence-electron chi connectivity index (χ2n) is 7.38. The van der Waals surface area contributed by atoms with Gasteiger partial charge in [0.1, 0.15) is 0 Å². The Kier molecular flexibility index (Phi) is 9.98. The molecule has 28 heavy (non-hydrogen) atoms. The largest absolute Gasteiger partial charge is 0.357 e. The average Bonchev–Trinajstić information content (AvgIpc) is 3.04. The van der Waals surface area contributed by atoms with Gasteiger partial charge in [-0.2, -0.15) is 5.10 Å². The number of nitrogens with zero attached hydrogens (tertiary/aromatic N) is 3. The van der Waals surface area contributed by atoms with Gasteiger partial charge >= 0.3 is 0 Å². The molecular weight excluding hydrogens is 467 g/mol. The predicted molar refractivity (Wildman–Crippen MR) is 124 cm³/mol. The van der Waals surface area contributed by atoms with E-state index in [4.69, 9.17) is 0 Å². The maximum absolute atomic E-state index is 11.9. The number of hydrogen-bond acceptors (Lipinski definition) is 3. The third kappa shape index (κ3) is 9.20. The number of aliphatic imine (C=N–C) groups is 1. The molecule has 0 aliphatic heterocycles. The number of aromatic nitrogens is 2. The van der Waals surface area contributed by atoms with E-state index in [-0.39, 0.29) is 42.0 Å². The standard InChI is InChI=1S/C20H30N6O.HI/c1-5-21-19(23-13-18(27)25-20(2,3)4)22-11-17-12-24-26(15-17)14-16-9-7-6-8-10-16;/h6-10,12,15H,5,11,13-14H2,1-4H3,(H,25,27)(H2,21,22,23);1H. The highest BCUT2D eigenvalue weighted by atomic mass is 127. The van der Waals surface area contributed by atoms with Crippen molar-refractivity contribution in [3.63, 3.8) is 0 Å². The lowest BCUT2D eigenvalue weighted by Crippen LogP contribution is -2.48. The number of benzene rings is 1. The van der Waals surface area contributed by atoms with Gasteiger partial charge in [0.05, 0.1) is 25.8 Å². The Labute approximate surface area is 184 Å². The average molecular weight is 498 g/mol. The number of hydrogen-bond donors (Lipinski definition) is 3. The van der Waals surface area contributed by atoms with Crippen LogP contribution in [0.3, 0.4) is 0 Å². The van der Waals surface area contributed by atoms with Gasteiger partial charge in [-0.1, -0.05) is 30.3 Å². The molecule has 0 saturated carbocycles. The molecule has 0 aliphatic carbocycles. The third-order valence-electron chi connectivity index (χ3n) is 3.57. The van der Waals surface area contributed by atoms with Crippen molar-refractivity contribution in [3.05, 3.63) is 53.9 Å². The second kappa shape index (κ2) is 11.7. The molecule has 0 fully saturated rings. The van der Waals surface area contributed by atoms with Crippen molar-refractivity contribution < 1.29 is 4.79 Å². The fraction of sp³-hybridized carbons (Fsp3) is 0.450. The zero-order valence-electron chi connectivity index (χ0n) is 17.0. The summed E-state index contributed by atoms with van der Waals surface area (Å²) in [4.78, 5) is 16.5. The normalized spacial score (nSPS) is 11.5. The van der Waals surface area contributed by atoms with E-state index in [2.05, 4.69) is 38.2 Å². The maximum Gasteiger partial charge on any atom is 0.239 e. The van der Waals surface area contributed by atoms with E-state index in [1.165, 1.54) is 5.56 Å². The zero-order chi connectivity index (χ0) is 19.7. The summed E-state index contributed by atoms with van der Waals surface area (Å²) in [6.45, 7) is 9.98. The Balaban J connectivity index is 0.00000392. The van der Waals surface area contributed by atoms with E-state index in [0.29, 0.717) is 12.5 Å². The van der Waals surface area contributed by atoms with Gasteiger partial charge in [-0.3, -0.25) is 9.48 Å². The lowest BCUT2D eigenvalue weighted by atomic mass is 10.1. The highest BCUT2D eigenvalue weighted by Crippen LogP contribution is 2.05. The summed E-state index contributed by atoms with van der Waals surface area (Å²) >= 11 is 0. The molecule has 0 saturated heterocycles. The van der Waals surface area contributed by atoms with E-state index in [0.717, 1.165) is 18.7 Å². The minimum Gasteiger partial charge on any atom is -0.357 e. The first-order valence-electron chi connectivity index (χ1n) is 9.24. The highest BCUT2D eigenvalue weighted by molar-refractivity contribution is 14.0. The van der Waals surface area contributed by atoms with Gasteiger partial charge in [-0.15, -0.1) is 24.0 Å². The first-order valence-corrected chi connectivity index (χ1v) is 9.24. The Morgan fingerprint density at radius 2 is 1.86 bits per heavy atom. The first-order chi connectivity index (χ1) is 12.9. The van der Waals surface area contributed by atoms with E-state index < -0.39 is 0 Å². The quantitative estimate of drug-likeness (QED) is 0.311. The summed E-state index contributed by atoms with van der Waals surface area (Å²) in [5, 5.41) is 13.5. The van der Waals surface area contributed by atoms with E-state index in [1.54, 1.807) is 0 Å². The smallest absolute Gasteiger partial charge is 0.239 e. The Morgan fingerprint density at radius 3 is 2.50 bits per heavy atom. The van der Waals surface area contributed by atoms with Gasteiger partial charge < -0.3 is 16.0 Å². The van der Waals surface area contributed by atoms with Crippen molar-refractivity contribution in [2.24, 2.45) is 4.99 Å². The summed E-state index contributed by atoms with van der Waals surface area (Å²) < 4.78 is 1.90. The number of guanidine groups is 1. The lowest BCUT2D eigenvalue weighted by Gasteiger charge is -2.21. The van der Waals surface area contributed by atoms with Crippen molar-refractivity contribution in [2.45, 2.75) is 46.3 Å². The zero-order valence-corrected chi connectivity index (χ0v) is 19.4. The third-order valence-corrected chi connectivity index (χ3v) is 3.57. The number of carbonyl (C=O) groups excluding carboxylic acids is 1. The monoisotopic (exact) mass is 498 g/mol. The fourth-order valence-electron chi connectivity index (χ4n) is 2.48. The Hall–Kier alpha value is -2.10. The molecule has 1 aromatic heterocycles. The van der Waals surface area contributed by atoms with Crippen LogP contribution in [0.15, 0.2) is 47.7 Å². The summed E-state index contributed by atoms with van der Waals surface area (Å²) in [7, 11) is 0. The molecule has 1 aromatic carbocycles. The summed E-state index contributed by atoms with van der Waals surface area (Å²) in [5.74, 6) is 0.543. The van der Waals surface area contributed by atoms with Crippen molar-refractivity contribution in [1.29, 1.82) is 0 Å². The number of rotatable bonds is 7. The SMILES string of the molecule is CCNC(=NCc1cnn(Cc2ccccc2)c1)NCC(=O)NC(C)(C)C.I. The topological polar surface area (TPSA) is 83.3 Å². The molecule has 0 atom stereocenters. The first kappa shape index (κ1) is 23.9.